The fourth-order valence-corrected chi connectivity index (χ4v) is 6.14. The normalized spacial score (nSPS) is 11.5. The Bertz CT molecular complexity index is 2750. The maximum atomic E-state index is 12.4. The van der Waals surface area contributed by atoms with Crippen molar-refractivity contribution in [3.63, 3.8) is 0 Å². The molecule has 0 unspecified atom stereocenters. The van der Waals surface area contributed by atoms with E-state index in [4.69, 9.17) is 22.9 Å². The number of rotatable bonds is 12. The fraction of sp³-hybridized carbons (Fsp3) is 0. The quantitative estimate of drug-likeness (QED) is 0.0578. The monoisotopic (exact) mass is 787 g/mol. The van der Waals surface area contributed by atoms with Crippen LogP contribution in [0.2, 0.25) is 0 Å². The zero-order chi connectivity index (χ0) is 39.7. The molecule has 6 aromatic rings. The molecule has 0 saturated carbocycles. The second-order valence-corrected chi connectivity index (χ2v) is 13.8. The highest BCUT2D eigenvalue weighted by Gasteiger charge is 2.22. The lowest BCUT2D eigenvalue weighted by atomic mass is 10.2. The van der Waals surface area contributed by atoms with E-state index < -0.39 is 41.8 Å². The molecule has 4 heterocycles. The van der Waals surface area contributed by atoms with E-state index in [0.29, 0.717) is 0 Å². The van der Waals surface area contributed by atoms with Crippen LogP contribution in [0.15, 0.2) is 95.2 Å². The van der Waals surface area contributed by atoms with Gasteiger partial charge >= 0.3 is 35.7 Å². The van der Waals surface area contributed by atoms with E-state index >= 15 is 0 Å². The van der Waals surface area contributed by atoms with Crippen molar-refractivity contribution in [2.75, 3.05) is 27.4 Å². The van der Waals surface area contributed by atoms with E-state index in [0.717, 1.165) is 18.2 Å². The van der Waals surface area contributed by atoms with Crippen LogP contribution < -0.4 is 48.0 Å². The minimum Gasteiger partial charge on any atom is -0.744 e. The summed E-state index contributed by atoms with van der Waals surface area (Å²) in [5, 5.41) is 7.96. The van der Waals surface area contributed by atoms with Gasteiger partial charge in [-0.2, -0.15) is 0 Å². The first-order valence-corrected chi connectivity index (χ1v) is 17.9. The second-order valence-electron chi connectivity index (χ2n) is 11.1. The van der Waals surface area contributed by atoms with Crippen molar-refractivity contribution < 1.29 is 44.7 Å². The van der Waals surface area contributed by atoms with Crippen LogP contribution >= 0.6 is 0 Å². The van der Waals surface area contributed by atoms with Crippen LogP contribution in [0.5, 0.6) is 0 Å². The summed E-state index contributed by atoms with van der Waals surface area (Å²) in [6.45, 7) is 0. The molecular weight excluding hydrogens is 763 g/mol. The lowest BCUT2D eigenvalue weighted by Crippen LogP contribution is -2.35. The number of amides is 2. The number of hydrogen-bond donors (Lipinski definition) is 7. The molecule has 25 heteroatoms. The number of nitrogen functional groups attached to an aromatic ring is 2. The Labute approximate surface area is 309 Å². The SMILES string of the molecule is NC(=O)c1ccc[n+](-c2nc(N)nc(Nc3ccc(Nc4ccc(Nc5nc(N)nc(-[n+]6cccc(C(N)=O)c6)n5)c(S(=O)(=O)[O-])c4)c(S(=O)(=O)[O-])c3)n2)c1. The summed E-state index contributed by atoms with van der Waals surface area (Å²) in [4.78, 5) is 45.9. The summed E-state index contributed by atoms with van der Waals surface area (Å²) >= 11 is 0. The second kappa shape index (κ2) is 14.5. The Balaban J connectivity index is 1.29. The molecule has 2 amide bonds. The molecule has 0 radical (unpaired) electrons. The first-order chi connectivity index (χ1) is 25.9. The third-order valence-corrected chi connectivity index (χ3v) is 8.95. The molecule has 0 aliphatic heterocycles. The largest absolute Gasteiger partial charge is 0.744 e. The summed E-state index contributed by atoms with van der Waals surface area (Å²) in [6.07, 6.45) is 5.65. The van der Waals surface area contributed by atoms with Crippen LogP contribution in [-0.4, -0.2) is 67.7 Å². The van der Waals surface area contributed by atoms with Crippen LogP contribution in [0.25, 0.3) is 11.9 Å². The van der Waals surface area contributed by atoms with Crippen molar-refractivity contribution in [1.29, 1.82) is 0 Å². The van der Waals surface area contributed by atoms with Gasteiger partial charge in [-0.25, -0.2) is 26.0 Å². The molecule has 0 spiro atoms. The minimum atomic E-state index is -5.22. The van der Waals surface area contributed by atoms with E-state index in [-0.39, 0.29) is 69.6 Å². The van der Waals surface area contributed by atoms with Crippen LogP contribution in [0.1, 0.15) is 20.7 Å². The van der Waals surface area contributed by atoms with Crippen LogP contribution in [0, 0.1) is 0 Å². The molecule has 0 saturated heterocycles. The number of primary amides is 2. The maximum absolute atomic E-state index is 12.4. The summed E-state index contributed by atoms with van der Waals surface area (Å²) < 4.78 is 76.9. The molecule has 0 aliphatic rings. The van der Waals surface area contributed by atoms with Crippen molar-refractivity contribution in [1.82, 2.24) is 29.9 Å². The van der Waals surface area contributed by atoms with Gasteiger partial charge in [0.25, 0.3) is 11.8 Å². The van der Waals surface area contributed by atoms with Crippen molar-refractivity contribution >= 4 is 78.6 Å². The molecule has 55 heavy (non-hydrogen) atoms. The van der Waals surface area contributed by atoms with Gasteiger partial charge in [0, 0.05) is 11.4 Å². The van der Waals surface area contributed by atoms with E-state index in [9.17, 15) is 35.5 Å². The molecule has 11 N–H and O–H groups in total. The van der Waals surface area contributed by atoms with E-state index in [2.05, 4.69) is 45.9 Å². The molecule has 0 atom stereocenters. The minimum absolute atomic E-state index is 0.00490. The van der Waals surface area contributed by atoms with Crippen LogP contribution in [0.3, 0.4) is 0 Å². The highest BCUT2D eigenvalue weighted by atomic mass is 32.2. The first-order valence-electron chi connectivity index (χ1n) is 15.1. The lowest BCUT2D eigenvalue weighted by Gasteiger charge is -2.18. The number of benzene rings is 2. The van der Waals surface area contributed by atoms with Gasteiger partial charge in [-0.1, -0.05) is 0 Å². The third kappa shape index (κ3) is 8.77. The smallest absolute Gasteiger partial charge is 0.444 e. The molecule has 23 nitrogen and oxygen atoms in total. The molecular formula is C30H25N15O8S2. The first kappa shape index (κ1) is 37.3. The van der Waals surface area contributed by atoms with Crippen molar-refractivity contribution in [2.24, 2.45) is 11.5 Å². The van der Waals surface area contributed by atoms with Crippen LogP contribution in [0.4, 0.5) is 46.5 Å². The summed E-state index contributed by atoms with van der Waals surface area (Å²) in [5.74, 6) is -2.61. The van der Waals surface area contributed by atoms with Gasteiger partial charge in [-0.3, -0.25) is 9.59 Å². The molecule has 280 valence electrons. The highest BCUT2D eigenvalue weighted by molar-refractivity contribution is 7.86. The summed E-state index contributed by atoms with van der Waals surface area (Å²) in [7, 11) is -10.4. The Morgan fingerprint density at radius 1 is 0.582 bits per heavy atom. The third-order valence-electron chi connectivity index (χ3n) is 7.20. The Hall–Kier alpha value is -7.48. The zero-order valence-electron chi connectivity index (χ0n) is 27.6. The van der Waals surface area contributed by atoms with Gasteiger partial charge in [0.05, 0.1) is 57.1 Å². The number of anilines is 8. The molecule has 0 bridgehead atoms. The predicted molar refractivity (Wildman–Crippen MR) is 187 cm³/mol. The zero-order valence-corrected chi connectivity index (χ0v) is 29.2. The number of carbonyl (C=O) groups is 2. The molecule has 2 aromatic carbocycles. The van der Waals surface area contributed by atoms with Crippen molar-refractivity contribution in [2.45, 2.75) is 9.79 Å². The standard InChI is InChI=1S/C30H25N15O8S2/c31-23(46)15-3-1-9-44(13-15)29-40-25(33)38-27(42-29)36-18-6-7-19(21(12-18)54(48,49)50)35-17-5-8-20(22(11-17)55(51,52)53)37-28-39-26(34)41-30(43-28)45-10-2-4-16(14-45)24(32)47/h1-14,35H,(H10-2,31,32,33,34,36,37,38,39,40,41,42,43,46,47,48,49,50,51,52,53). The molecule has 4 aromatic heterocycles. The topological polar surface area (TPSA) is 374 Å². The van der Waals surface area contributed by atoms with Gasteiger partial charge in [0.1, 0.15) is 20.2 Å². The Morgan fingerprint density at radius 3 is 1.44 bits per heavy atom. The molecule has 0 fully saturated rings. The van der Waals surface area contributed by atoms with Gasteiger partial charge in [0.15, 0.2) is 0 Å². The van der Waals surface area contributed by atoms with Gasteiger partial charge in [-0.15, -0.1) is 9.97 Å². The Kier molecular flexibility index (Phi) is 9.83. The van der Waals surface area contributed by atoms with Crippen molar-refractivity contribution in [3.05, 3.63) is 96.6 Å². The van der Waals surface area contributed by atoms with E-state index in [1.165, 1.54) is 76.4 Å². The number of carbonyl (C=O) groups excluding carboxylic acids is 2. The average molecular weight is 788 g/mol. The summed E-state index contributed by atoms with van der Waals surface area (Å²) in [5.41, 5.74) is 21.9. The predicted octanol–water partition coefficient (Wildman–Crippen LogP) is -0.989. The van der Waals surface area contributed by atoms with Gasteiger partial charge in [-0.05, 0) is 80.6 Å². The number of pyridine rings is 2. The van der Waals surface area contributed by atoms with Gasteiger partial charge in [0.2, 0.25) is 0 Å². The number of nitrogens with two attached hydrogens (primary N) is 4. The molecule has 6 rings (SSSR count). The van der Waals surface area contributed by atoms with Crippen LogP contribution in [-0.2, 0) is 20.2 Å². The summed E-state index contributed by atoms with van der Waals surface area (Å²) in [6, 6.07) is 12.7. The number of nitrogens with zero attached hydrogens (tertiary/aromatic N) is 8. The molecule has 0 aliphatic carbocycles. The van der Waals surface area contributed by atoms with E-state index in [1.54, 1.807) is 0 Å². The maximum Gasteiger partial charge on any atom is 0.444 e. The van der Waals surface area contributed by atoms with Crippen molar-refractivity contribution in [3.8, 4) is 11.9 Å². The Morgan fingerprint density at radius 2 is 1.00 bits per heavy atom. The highest BCUT2D eigenvalue weighted by Crippen LogP contribution is 2.32. The van der Waals surface area contributed by atoms with Gasteiger partial charge < -0.3 is 48.0 Å². The number of hydrogen-bond acceptors (Lipinski definition) is 19. The lowest BCUT2D eigenvalue weighted by molar-refractivity contribution is -0.603. The number of aromatic nitrogens is 8. The fourth-order valence-electron chi connectivity index (χ4n) is 4.82. The number of nitrogens with one attached hydrogen (secondary N) is 3. The average Bonchev–Trinajstić information content (AvgIpc) is 3.11. The van der Waals surface area contributed by atoms with E-state index in [1.807, 2.05) is 0 Å².